The lowest BCUT2D eigenvalue weighted by Gasteiger charge is -2.32. The highest BCUT2D eigenvalue weighted by Crippen LogP contribution is 2.22. The summed E-state index contributed by atoms with van der Waals surface area (Å²) >= 11 is 0. The Morgan fingerprint density at radius 2 is 1.97 bits per heavy atom. The van der Waals surface area contributed by atoms with Gasteiger partial charge in [-0.1, -0.05) is 18.2 Å². The van der Waals surface area contributed by atoms with Crippen molar-refractivity contribution >= 4 is 41.0 Å². The van der Waals surface area contributed by atoms with Crippen molar-refractivity contribution < 1.29 is 19.1 Å². The van der Waals surface area contributed by atoms with Crippen LogP contribution in [0.15, 0.2) is 36.5 Å². The van der Waals surface area contributed by atoms with Crippen LogP contribution in [-0.2, 0) is 11.2 Å². The standard InChI is InChI=1S/C27H30N6O4/c1-16(2)37-27(36)33-12-10-19(11-13-33)29-24(34)20-8-5-9-21-23(20)31-26(30-21)32-25(35)22-14-17-6-3-4-7-18(17)15-28-22/h3,5-6,8-9,14-16,19H,4,7,10-13H2,1-2H3,(H,29,34)(H2,30,31,32,35). The number of fused-ring (bicyclic) bond motifs is 2. The van der Waals surface area contributed by atoms with Crippen molar-refractivity contribution in [3.05, 3.63) is 58.9 Å². The Bertz CT molecular complexity index is 1370. The third-order valence-corrected chi connectivity index (χ3v) is 6.55. The maximum Gasteiger partial charge on any atom is 0.410 e. The third kappa shape index (κ3) is 5.47. The van der Waals surface area contributed by atoms with E-state index in [1.807, 2.05) is 19.9 Å². The van der Waals surface area contributed by atoms with Gasteiger partial charge in [-0.2, -0.15) is 0 Å². The van der Waals surface area contributed by atoms with Crippen LogP contribution in [0.1, 0.15) is 65.1 Å². The molecule has 1 fully saturated rings. The Balaban J connectivity index is 1.24. The first-order valence-corrected chi connectivity index (χ1v) is 12.6. The molecule has 3 aromatic rings. The zero-order valence-electron chi connectivity index (χ0n) is 20.9. The van der Waals surface area contributed by atoms with Crippen molar-refractivity contribution in [3.63, 3.8) is 0 Å². The van der Waals surface area contributed by atoms with Gasteiger partial charge in [0.1, 0.15) is 11.2 Å². The minimum Gasteiger partial charge on any atom is -0.447 e. The number of hydrogen-bond donors (Lipinski definition) is 3. The van der Waals surface area contributed by atoms with Gasteiger partial charge < -0.3 is 19.9 Å². The first-order valence-electron chi connectivity index (χ1n) is 12.6. The number of pyridine rings is 1. The second-order valence-electron chi connectivity index (χ2n) is 9.62. The number of anilines is 1. The van der Waals surface area contributed by atoms with Crippen molar-refractivity contribution in [2.24, 2.45) is 0 Å². The number of H-pyrrole nitrogens is 1. The van der Waals surface area contributed by atoms with Gasteiger partial charge in [0, 0.05) is 25.3 Å². The van der Waals surface area contributed by atoms with Gasteiger partial charge in [-0.05, 0) is 68.9 Å². The monoisotopic (exact) mass is 502 g/mol. The summed E-state index contributed by atoms with van der Waals surface area (Å²) in [5.41, 5.74) is 3.93. The van der Waals surface area contributed by atoms with Crippen LogP contribution in [0.2, 0.25) is 0 Å². The number of likely N-dealkylation sites (tertiary alicyclic amines) is 1. The largest absolute Gasteiger partial charge is 0.447 e. The number of aryl methyl sites for hydroxylation is 1. The number of benzene rings is 1. The van der Waals surface area contributed by atoms with E-state index in [4.69, 9.17) is 4.74 Å². The second kappa shape index (κ2) is 10.4. The number of piperidine rings is 1. The quantitative estimate of drug-likeness (QED) is 0.485. The number of amides is 3. The van der Waals surface area contributed by atoms with E-state index in [0.29, 0.717) is 48.2 Å². The van der Waals surface area contributed by atoms with Gasteiger partial charge in [-0.15, -0.1) is 0 Å². The summed E-state index contributed by atoms with van der Waals surface area (Å²) in [6.07, 6.45) is 8.51. The van der Waals surface area contributed by atoms with E-state index in [2.05, 4.69) is 31.7 Å². The van der Waals surface area contributed by atoms with Gasteiger partial charge in [0.25, 0.3) is 11.8 Å². The molecule has 37 heavy (non-hydrogen) atoms. The summed E-state index contributed by atoms with van der Waals surface area (Å²) < 4.78 is 5.26. The molecule has 3 amide bonds. The zero-order chi connectivity index (χ0) is 25.9. The van der Waals surface area contributed by atoms with Crippen molar-refractivity contribution in [2.75, 3.05) is 18.4 Å². The summed E-state index contributed by atoms with van der Waals surface area (Å²) in [6.45, 7) is 4.68. The van der Waals surface area contributed by atoms with E-state index >= 15 is 0 Å². The second-order valence-corrected chi connectivity index (χ2v) is 9.62. The molecule has 5 rings (SSSR count). The molecule has 2 aliphatic rings. The molecule has 0 atom stereocenters. The number of nitrogens with one attached hydrogen (secondary N) is 3. The van der Waals surface area contributed by atoms with Crippen molar-refractivity contribution in [1.82, 2.24) is 25.2 Å². The van der Waals surface area contributed by atoms with Crippen LogP contribution in [0.5, 0.6) is 0 Å². The Morgan fingerprint density at radius 1 is 1.16 bits per heavy atom. The number of carbonyl (C=O) groups is 3. The van der Waals surface area contributed by atoms with E-state index < -0.39 is 0 Å². The number of aromatic amines is 1. The van der Waals surface area contributed by atoms with Gasteiger partial charge in [0.15, 0.2) is 0 Å². The van der Waals surface area contributed by atoms with Gasteiger partial charge in [0.2, 0.25) is 5.95 Å². The Morgan fingerprint density at radius 3 is 2.76 bits per heavy atom. The highest BCUT2D eigenvalue weighted by atomic mass is 16.6. The number of carbonyl (C=O) groups excluding carboxylic acids is 3. The van der Waals surface area contributed by atoms with E-state index in [-0.39, 0.29) is 36.0 Å². The average Bonchev–Trinajstić information content (AvgIpc) is 3.30. The molecule has 1 aliphatic heterocycles. The minimum absolute atomic E-state index is 0.0619. The lowest BCUT2D eigenvalue weighted by molar-refractivity contribution is 0.0668. The summed E-state index contributed by atoms with van der Waals surface area (Å²) in [5.74, 6) is -0.386. The van der Waals surface area contributed by atoms with Gasteiger partial charge in [0.05, 0.1) is 17.2 Å². The fourth-order valence-electron chi connectivity index (χ4n) is 4.63. The average molecular weight is 503 g/mol. The lowest BCUT2D eigenvalue weighted by atomic mass is 9.99. The van der Waals surface area contributed by atoms with E-state index in [1.165, 1.54) is 0 Å². The number of ether oxygens (including phenoxy) is 1. The highest BCUT2D eigenvalue weighted by molar-refractivity contribution is 6.07. The van der Waals surface area contributed by atoms with Crippen molar-refractivity contribution in [1.29, 1.82) is 0 Å². The topological polar surface area (TPSA) is 129 Å². The number of para-hydroxylation sites is 1. The summed E-state index contributed by atoms with van der Waals surface area (Å²) in [7, 11) is 0. The molecule has 0 spiro atoms. The number of nitrogens with zero attached hydrogens (tertiary/aromatic N) is 3. The molecule has 0 unspecified atom stereocenters. The molecule has 1 saturated heterocycles. The highest BCUT2D eigenvalue weighted by Gasteiger charge is 2.26. The van der Waals surface area contributed by atoms with E-state index in [0.717, 1.165) is 24.0 Å². The molecule has 0 saturated carbocycles. The Labute approximate surface area is 214 Å². The van der Waals surface area contributed by atoms with Crippen LogP contribution < -0.4 is 10.6 Å². The first-order chi connectivity index (χ1) is 17.9. The number of hydrogen-bond acceptors (Lipinski definition) is 6. The summed E-state index contributed by atoms with van der Waals surface area (Å²) in [6, 6.07) is 6.98. The zero-order valence-corrected chi connectivity index (χ0v) is 20.9. The summed E-state index contributed by atoms with van der Waals surface area (Å²) in [4.78, 5) is 51.5. The predicted octanol–water partition coefficient (Wildman–Crippen LogP) is 3.91. The first kappa shape index (κ1) is 24.5. The van der Waals surface area contributed by atoms with E-state index in [1.54, 1.807) is 35.4 Å². The molecule has 10 nitrogen and oxygen atoms in total. The number of allylic oxidation sites excluding steroid dienone is 1. The van der Waals surface area contributed by atoms with Crippen LogP contribution >= 0.6 is 0 Å². The van der Waals surface area contributed by atoms with Crippen molar-refractivity contribution in [2.45, 2.75) is 51.7 Å². The smallest absolute Gasteiger partial charge is 0.410 e. The molecular weight excluding hydrogens is 472 g/mol. The molecule has 1 aliphatic carbocycles. The van der Waals surface area contributed by atoms with E-state index in [9.17, 15) is 14.4 Å². The van der Waals surface area contributed by atoms with Crippen LogP contribution in [-0.4, -0.2) is 63.0 Å². The molecule has 0 bridgehead atoms. The SMILES string of the molecule is CC(C)OC(=O)N1CCC(NC(=O)c2cccc3[nH]c(NC(=O)c4cc5c(cn4)CCC=C5)nc23)CC1. The number of aromatic nitrogens is 3. The normalized spacial score (nSPS) is 15.5. The maximum atomic E-state index is 13.1. The van der Waals surface area contributed by atoms with Crippen molar-refractivity contribution in [3.8, 4) is 0 Å². The Hall–Kier alpha value is -4.21. The van der Waals surface area contributed by atoms with Gasteiger partial charge >= 0.3 is 6.09 Å². The fourth-order valence-corrected chi connectivity index (χ4v) is 4.63. The van der Waals surface area contributed by atoms with Crippen LogP contribution in [0.3, 0.4) is 0 Å². The predicted molar refractivity (Wildman–Crippen MR) is 139 cm³/mol. The number of imidazole rings is 1. The number of rotatable bonds is 5. The Kier molecular flexibility index (Phi) is 6.89. The fraction of sp³-hybridized carbons (Fsp3) is 0.370. The maximum absolute atomic E-state index is 13.1. The molecule has 10 heteroatoms. The molecule has 192 valence electrons. The molecule has 2 aromatic heterocycles. The molecule has 3 heterocycles. The van der Waals surface area contributed by atoms with Crippen LogP contribution in [0, 0.1) is 0 Å². The van der Waals surface area contributed by atoms with Gasteiger partial charge in [-0.3, -0.25) is 19.9 Å². The molecular formula is C27H30N6O4. The summed E-state index contributed by atoms with van der Waals surface area (Å²) in [5, 5.41) is 5.81. The lowest BCUT2D eigenvalue weighted by Crippen LogP contribution is -2.47. The molecule has 0 radical (unpaired) electrons. The van der Waals surface area contributed by atoms with Crippen LogP contribution in [0.4, 0.5) is 10.7 Å². The van der Waals surface area contributed by atoms with Gasteiger partial charge in [-0.25, -0.2) is 9.78 Å². The molecule has 3 N–H and O–H groups in total. The minimum atomic E-state index is -0.380. The molecule has 1 aromatic carbocycles. The van der Waals surface area contributed by atoms with Crippen LogP contribution in [0.25, 0.3) is 17.1 Å². The third-order valence-electron chi connectivity index (χ3n) is 6.55.